The molecule has 0 atom stereocenters. The summed E-state index contributed by atoms with van der Waals surface area (Å²) in [6.07, 6.45) is 0. The maximum absolute atomic E-state index is 5.28. The lowest BCUT2D eigenvalue weighted by Gasteiger charge is -2.13. The summed E-state index contributed by atoms with van der Waals surface area (Å²) in [5.74, 6) is 2.19. The van der Waals surface area contributed by atoms with Gasteiger partial charge in [-0.15, -0.1) is 0 Å². The highest BCUT2D eigenvalue weighted by atomic mass is 15.1. The van der Waals surface area contributed by atoms with E-state index in [1.807, 2.05) is 42.5 Å². The first-order valence-electron chi connectivity index (χ1n) is 17.7. The number of fused-ring (bicyclic) bond motifs is 4. The van der Waals surface area contributed by atoms with Crippen LogP contribution in [0.15, 0.2) is 188 Å². The summed E-state index contributed by atoms with van der Waals surface area (Å²) in [5.41, 5.74) is 9.72. The van der Waals surface area contributed by atoms with Crippen molar-refractivity contribution in [1.29, 1.82) is 0 Å². The van der Waals surface area contributed by atoms with Gasteiger partial charge >= 0.3 is 0 Å². The van der Waals surface area contributed by atoms with Crippen LogP contribution in [0, 0.1) is 0 Å². The molecule has 5 nitrogen and oxygen atoms in total. The predicted octanol–water partition coefficient (Wildman–Crippen LogP) is 11.8. The molecule has 0 unspecified atom stereocenters. The average molecular weight is 678 g/mol. The van der Waals surface area contributed by atoms with Gasteiger partial charge in [-0.2, -0.15) is 0 Å². The minimum Gasteiger partial charge on any atom is -0.277 e. The second-order valence-electron chi connectivity index (χ2n) is 13.1. The molecule has 0 aliphatic heterocycles. The number of nitrogens with zero attached hydrogens (tertiary/aromatic N) is 5. The van der Waals surface area contributed by atoms with Crippen LogP contribution in [0.2, 0.25) is 0 Å². The van der Waals surface area contributed by atoms with Gasteiger partial charge in [0.05, 0.1) is 17.1 Å². The van der Waals surface area contributed by atoms with Gasteiger partial charge in [0.2, 0.25) is 0 Å². The highest BCUT2D eigenvalue weighted by Gasteiger charge is 2.21. The fourth-order valence-electron chi connectivity index (χ4n) is 7.21. The van der Waals surface area contributed by atoms with Gasteiger partial charge in [0.15, 0.2) is 11.6 Å². The smallest absolute Gasteiger partial charge is 0.163 e. The fourth-order valence-corrected chi connectivity index (χ4v) is 7.21. The van der Waals surface area contributed by atoms with Crippen LogP contribution in [0.1, 0.15) is 0 Å². The molecule has 0 fully saturated rings. The van der Waals surface area contributed by atoms with Crippen molar-refractivity contribution in [3.05, 3.63) is 188 Å². The van der Waals surface area contributed by atoms with Crippen molar-refractivity contribution >= 4 is 27.2 Å². The number of benzene rings is 7. The lowest BCUT2D eigenvalue weighted by molar-refractivity contribution is 1.05. The molecule has 7 aromatic carbocycles. The summed E-state index contributed by atoms with van der Waals surface area (Å²) < 4.78 is 2.22. The van der Waals surface area contributed by atoms with Gasteiger partial charge in [-0.25, -0.2) is 19.9 Å². The highest BCUT2D eigenvalue weighted by Crippen LogP contribution is 2.38. The van der Waals surface area contributed by atoms with Crippen molar-refractivity contribution in [3.8, 4) is 67.9 Å². The van der Waals surface area contributed by atoms with E-state index in [-0.39, 0.29) is 0 Å². The van der Waals surface area contributed by atoms with E-state index in [2.05, 4.69) is 150 Å². The molecule has 3 aromatic heterocycles. The molecule has 3 heterocycles. The number of hydrogen-bond donors (Lipinski definition) is 0. The van der Waals surface area contributed by atoms with Gasteiger partial charge in [0.25, 0.3) is 0 Å². The highest BCUT2D eigenvalue weighted by molar-refractivity contribution is 6.06. The minimum atomic E-state index is 0.684. The summed E-state index contributed by atoms with van der Waals surface area (Å²) in [6, 6.07) is 64.9. The zero-order chi connectivity index (χ0) is 35.1. The van der Waals surface area contributed by atoms with E-state index in [4.69, 9.17) is 19.9 Å². The van der Waals surface area contributed by atoms with E-state index in [9.17, 15) is 0 Å². The number of aromatic nitrogens is 5. The second kappa shape index (κ2) is 12.8. The lowest BCUT2D eigenvalue weighted by Crippen LogP contribution is -2.03. The standard InChI is InChI=1S/C48H31N5/c1-4-15-34(16-5-1)44-40-22-12-13-23-41(40)48-52-46(36-19-8-3-9-20-36)51-47(53(44)48)37-27-25-33(26-28-37)42-31-43(50-45(49-42)35-17-6-2-7-18-35)39-29-24-32-14-10-11-21-38(32)30-39/h1-31H. The quantitative estimate of drug-likeness (QED) is 0.176. The molecule has 0 N–H and O–H groups in total. The molecule has 10 rings (SSSR count). The first-order chi connectivity index (χ1) is 26.3. The molecular formula is C48H31N5. The molecule has 5 heteroatoms. The Labute approximate surface area is 306 Å². The molecule has 10 aromatic rings. The molecule has 0 saturated heterocycles. The summed E-state index contributed by atoms with van der Waals surface area (Å²) in [6.45, 7) is 0. The molecule has 0 bridgehead atoms. The third kappa shape index (κ3) is 5.52. The Kier molecular flexibility index (Phi) is 7.40. The Balaban J connectivity index is 1.16. The van der Waals surface area contributed by atoms with Crippen LogP contribution in [0.25, 0.3) is 95.1 Å². The Morgan fingerprint density at radius 2 is 0.830 bits per heavy atom. The third-order valence-corrected chi connectivity index (χ3v) is 9.82. The second-order valence-corrected chi connectivity index (χ2v) is 13.1. The van der Waals surface area contributed by atoms with Crippen LogP contribution < -0.4 is 0 Å². The van der Waals surface area contributed by atoms with Crippen molar-refractivity contribution in [3.63, 3.8) is 0 Å². The molecule has 0 aliphatic rings. The maximum atomic E-state index is 5.28. The third-order valence-electron chi connectivity index (χ3n) is 9.82. The molecular weight excluding hydrogens is 647 g/mol. The van der Waals surface area contributed by atoms with Crippen LogP contribution in [0.3, 0.4) is 0 Å². The monoisotopic (exact) mass is 677 g/mol. The van der Waals surface area contributed by atoms with E-state index in [0.717, 1.165) is 72.7 Å². The predicted molar refractivity (Wildman–Crippen MR) is 216 cm³/mol. The number of hydrogen-bond acceptors (Lipinski definition) is 4. The Bertz CT molecular complexity index is 2920. The van der Waals surface area contributed by atoms with Crippen molar-refractivity contribution in [2.75, 3.05) is 0 Å². The molecule has 0 amide bonds. The van der Waals surface area contributed by atoms with Crippen LogP contribution in [0.5, 0.6) is 0 Å². The van der Waals surface area contributed by atoms with Crippen LogP contribution >= 0.6 is 0 Å². The van der Waals surface area contributed by atoms with Gasteiger partial charge in [-0.05, 0) is 28.5 Å². The largest absolute Gasteiger partial charge is 0.277 e. The minimum absolute atomic E-state index is 0.684. The Hall–Kier alpha value is -7.24. The van der Waals surface area contributed by atoms with Crippen molar-refractivity contribution < 1.29 is 0 Å². The zero-order valence-corrected chi connectivity index (χ0v) is 28.6. The molecule has 248 valence electrons. The summed E-state index contributed by atoms with van der Waals surface area (Å²) in [4.78, 5) is 20.7. The fraction of sp³-hybridized carbons (Fsp3) is 0. The first-order valence-corrected chi connectivity index (χ1v) is 17.7. The Morgan fingerprint density at radius 1 is 0.321 bits per heavy atom. The molecule has 0 aliphatic carbocycles. The number of rotatable bonds is 6. The average Bonchev–Trinajstić information content (AvgIpc) is 3.58. The lowest BCUT2D eigenvalue weighted by atomic mass is 10.0. The van der Waals surface area contributed by atoms with Crippen molar-refractivity contribution in [1.82, 2.24) is 24.3 Å². The van der Waals surface area contributed by atoms with Gasteiger partial charge in [0.1, 0.15) is 11.5 Å². The normalized spacial score (nSPS) is 11.4. The van der Waals surface area contributed by atoms with E-state index in [1.165, 1.54) is 10.8 Å². The van der Waals surface area contributed by atoms with E-state index < -0.39 is 0 Å². The van der Waals surface area contributed by atoms with Gasteiger partial charge in [0, 0.05) is 38.6 Å². The van der Waals surface area contributed by atoms with Crippen molar-refractivity contribution in [2.45, 2.75) is 0 Å². The van der Waals surface area contributed by atoms with E-state index >= 15 is 0 Å². The molecule has 0 radical (unpaired) electrons. The zero-order valence-electron chi connectivity index (χ0n) is 28.6. The first kappa shape index (κ1) is 30.6. The Morgan fingerprint density at radius 3 is 1.51 bits per heavy atom. The van der Waals surface area contributed by atoms with Gasteiger partial charge in [-0.3, -0.25) is 4.40 Å². The van der Waals surface area contributed by atoms with Gasteiger partial charge < -0.3 is 0 Å². The molecule has 0 spiro atoms. The maximum Gasteiger partial charge on any atom is 0.163 e. The van der Waals surface area contributed by atoms with Crippen LogP contribution in [0.4, 0.5) is 0 Å². The van der Waals surface area contributed by atoms with Crippen LogP contribution in [-0.2, 0) is 0 Å². The molecule has 0 saturated carbocycles. The summed E-state index contributed by atoms with van der Waals surface area (Å²) in [7, 11) is 0. The SMILES string of the molecule is c1ccc(-c2nc(-c3ccc(-c4nc(-c5ccccc5)nc5c6ccccc6c(-c6ccccc6)n45)cc3)cc(-c3ccc4ccccc4c3)n2)cc1. The van der Waals surface area contributed by atoms with Crippen LogP contribution in [-0.4, -0.2) is 24.3 Å². The summed E-state index contributed by atoms with van der Waals surface area (Å²) in [5, 5.41) is 4.59. The van der Waals surface area contributed by atoms with Gasteiger partial charge in [-0.1, -0.05) is 176 Å². The van der Waals surface area contributed by atoms with E-state index in [1.54, 1.807) is 0 Å². The molecule has 53 heavy (non-hydrogen) atoms. The topological polar surface area (TPSA) is 56.0 Å². The van der Waals surface area contributed by atoms with Crippen molar-refractivity contribution in [2.24, 2.45) is 0 Å². The summed E-state index contributed by atoms with van der Waals surface area (Å²) >= 11 is 0. The van der Waals surface area contributed by atoms with E-state index in [0.29, 0.717) is 11.6 Å².